The second kappa shape index (κ2) is 5.55. The number of carbonyl (C=O) groups excluding carboxylic acids is 2. The largest absolute Gasteiger partial charge is 0.504 e. The Bertz CT molecular complexity index is 734. The Hall–Kier alpha value is -2.76. The maximum atomic E-state index is 13.7. The Morgan fingerprint density at radius 3 is 2.86 bits per heavy atom. The third kappa shape index (κ3) is 2.32. The van der Waals surface area contributed by atoms with Gasteiger partial charge in [-0.1, -0.05) is 6.07 Å². The zero-order valence-corrected chi connectivity index (χ0v) is 11.6. The first-order valence-corrected chi connectivity index (χ1v) is 6.82. The molecule has 1 unspecified atom stereocenters. The van der Waals surface area contributed by atoms with E-state index < -0.39 is 11.6 Å². The number of anilines is 1. The molecule has 0 radical (unpaired) electrons. The summed E-state index contributed by atoms with van der Waals surface area (Å²) in [6, 6.07) is 7.72. The Kier molecular flexibility index (Phi) is 3.58. The zero-order chi connectivity index (χ0) is 15.7. The van der Waals surface area contributed by atoms with E-state index in [-0.39, 0.29) is 23.1 Å². The normalized spacial score (nSPS) is 17.8. The minimum Gasteiger partial charge on any atom is -0.504 e. The highest BCUT2D eigenvalue weighted by Gasteiger charge is 2.35. The summed E-state index contributed by atoms with van der Waals surface area (Å²) < 4.78 is 13.7. The van der Waals surface area contributed by atoms with Gasteiger partial charge in [0.05, 0.1) is 17.2 Å². The van der Waals surface area contributed by atoms with Crippen LogP contribution in [-0.4, -0.2) is 28.8 Å². The molecule has 1 aromatic carbocycles. The van der Waals surface area contributed by atoms with Crippen LogP contribution in [0.15, 0.2) is 36.5 Å². The zero-order valence-electron chi connectivity index (χ0n) is 11.6. The van der Waals surface area contributed by atoms with Gasteiger partial charge in [-0.2, -0.15) is 0 Å². The van der Waals surface area contributed by atoms with Gasteiger partial charge < -0.3 is 10.0 Å². The number of phenolic OH excluding ortho intramolecular Hbond substituents is 1. The van der Waals surface area contributed by atoms with Crippen LogP contribution in [0.4, 0.5) is 10.1 Å². The minimum absolute atomic E-state index is 0.177. The standard InChI is InChI=1S/C16H13FN2O3/c17-13-8-11(7-10(9-20)15(13)21)19-6-4-12(16(19)22)14-3-1-2-5-18-14/h1-3,5,7-9,12,21H,4,6H2. The van der Waals surface area contributed by atoms with Crippen LogP contribution in [0.2, 0.25) is 0 Å². The molecular formula is C16H13FN2O3. The number of hydrogen-bond donors (Lipinski definition) is 1. The third-order valence-electron chi connectivity index (χ3n) is 3.77. The van der Waals surface area contributed by atoms with E-state index >= 15 is 0 Å². The van der Waals surface area contributed by atoms with Crippen LogP contribution in [-0.2, 0) is 4.79 Å². The van der Waals surface area contributed by atoms with E-state index in [9.17, 15) is 19.1 Å². The number of aromatic nitrogens is 1. The van der Waals surface area contributed by atoms with Crippen molar-refractivity contribution >= 4 is 17.9 Å². The molecular weight excluding hydrogens is 287 g/mol. The predicted molar refractivity (Wildman–Crippen MR) is 77.4 cm³/mol. The monoisotopic (exact) mass is 300 g/mol. The first-order chi connectivity index (χ1) is 10.6. The molecule has 3 rings (SSSR count). The molecule has 0 spiro atoms. The lowest BCUT2D eigenvalue weighted by Gasteiger charge is -2.18. The predicted octanol–water partition coefficient (Wildman–Crippen LogP) is 2.26. The van der Waals surface area contributed by atoms with Gasteiger partial charge >= 0.3 is 0 Å². The summed E-state index contributed by atoms with van der Waals surface area (Å²) in [5.41, 5.74) is 0.759. The van der Waals surface area contributed by atoms with Gasteiger partial charge in [-0.25, -0.2) is 4.39 Å². The highest BCUT2D eigenvalue weighted by Crippen LogP contribution is 2.34. The van der Waals surface area contributed by atoms with Crippen molar-refractivity contribution in [2.45, 2.75) is 12.3 Å². The van der Waals surface area contributed by atoms with Crippen LogP contribution in [0.25, 0.3) is 0 Å². The first kappa shape index (κ1) is 14.2. The van der Waals surface area contributed by atoms with Crippen molar-refractivity contribution in [1.29, 1.82) is 0 Å². The molecule has 1 aliphatic heterocycles. The molecule has 6 heteroatoms. The van der Waals surface area contributed by atoms with Gasteiger partial charge in [0.1, 0.15) is 0 Å². The number of aromatic hydroxyl groups is 1. The van der Waals surface area contributed by atoms with E-state index in [4.69, 9.17) is 0 Å². The molecule has 0 bridgehead atoms. The van der Waals surface area contributed by atoms with Crippen LogP contribution >= 0.6 is 0 Å². The SMILES string of the molecule is O=Cc1cc(N2CCC(c3ccccn3)C2=O)cc(F)c1O. The Morgan fingerprint density at radius 2 is 2.18 bits per heavy atom. The second-order valence-corrected chi connectivity index (χ2v) is 5.07. The van der Waals surface area contributed by atoms with Gasteiger partial charge in [0.15, 0.2) is 17.9 Å². The highest BCUT2D eigenvalue weighted by molar-refractivity contribution is 6.00. The molecule has 22 heavy (non-hydrogen) atoms. The maximum absolute atomic E-state index is 13.7. The second-order valence-electron chi connectivity index (χ2n) is 5.07. The number of nitrogens with zero attached hydrogens (tertiary/aromatic N) is 2. The number of aldehydes is 1. The molecule has 112 valence electrons. The molecule has 2 heterocycles. The Morgan fingerprint density at radius 1 is 1.36 bits per heavy atom. The average molecular weight is 300 g/mol. The van der Waals surface area contributed by atoms with Gasteiger partial charge in [-0.15, -0.1) is 0 Å². The molecule has 1 amide bonds. The smallest absolute Gasteiger partial charge is 0.236 e. The lowest BCUT2D eigenvalue weighted by molar-refractivity contribution is -0.118. The molecule has 5 nitrogen and oxygen atoms in total. The quantitative estimate of drug-likeness (QED) is 0.883. The first-order valence-electron chi connectivity index (χ1n) is 6.82. The number of pyridine rings is 1. The van der Waals surface area contributed by atoms with Crippen molar-refractivity contribution in [2.24, 2.45) is 0 Å². The molecule has 1 aliphatic rings. The molecule has 0 saturated carbocycles. The maximum Gasteiger partial charge on any atom is 0.236 e. The molecule has 1 N–H and O–H groups in total. The Balaban J connectivity index is 1.93. The van der Waals surface area contributed by atoms with Crippen molar-refractivity contribution in [1.82, 2.24) is 4.98 Å². The van der Waals surface area contributed by atoms with Gasteiger partial charge in [0.25, 0.3) is 0 Å². The molecule has 1 fully saturated rings. The molecule has 1 atom stereocenters. The summed E-state index contributed by atoms with van der Waals surface area (Å²) in [5.74, 6) is -2.20. The minimum atomic E-state index is -0.923. The Labute approximate surface area is 126 Å². The van der Waals surface area contributed by atoms with E-state index in [0.717, 1.165) is 6.07 Å². The number of benzene rings is 1. The van der Waals surface area contributed by atoms with Crippen molar-refractivity contribution in [2.75, 3.05) is 11.4 Å². The summed E-state index contributed by atoms with van der Waals surface area (Å²) in [6.45, 7) is 0.405. The van der Waals surface area contributed by atoms with Crippen molar-refractivity contribution < 1.29 is 19.1 Å². The fourth-order valence-electron chi connectivity index (χ4n) is 2.64. The van der Waals surface area contributed by atoms with Crippen molar-refractivity contribution in [3.63, 3.8) is 0 Å². The third-order valence-corrected chi connectivity index (χ3v) is 3.77. The van der Waals surface area contributed by atoms with Crippen LogP contribution in [0.5, 0.6) is 5.75 Å². The summed E-state index contributed by atoms with van der Waals surface area (Å²) in [4.78, 5) is 29.0. The molecule has 1 aromatic heterocycles. The topological polar surface area (TPSA) is 70.5 Å². The van der Waals surface area contributed by atoms with E-state index in [0.29, 0.717) is 24.9 Å². The van der Waals surface area contributed by atoms with E-state index in [1.807, 2.05) is 6.07 Å². The molecule has 1 saturated heterocycles. The van der Waals surface area contributed by atoms with Crippen LogP contribution in [0.1, 0.15) is 28.4 Å². The highest BCUT2D eigenvalue weighted by atomic mass is 19.1. The fourth-order valence-corrected chi connectivity index (χ4v) is 2.64. The van der Waals surface area contributed by atoms with Gasteiger partial charge in [0.2, 0.25) is 5.91 Å². The number of rotatable bonds is 3. The van der Waals surface area contributed by atoms with Gasteiger partial charge in [-0.3, -0.25) is 14.6 Å². The number of hydrogen-bond acceptors (Lipinski definition) is 4. The fraction of sp³-hybridized carbons (Fsp3) is 0.188. The number of amides is 1. The summed E-state index contributed by atoms with van der Waals surface area (Å²) in [5, 5.41) is 9.44. The lowest BCUT2D eigenvalue weighted by atomic mass is 10.0. The molecule has 2 aromatic rings. The van der Waals surface area contributed by atoms with Gasteiger partial charge in [0, 0.05) is 24.5 Å². The van der Waals surface area contributed by atoms with Crippen LogP contribution in [0.3, 0.4) is 0 Å². The van der Waals surface area contributed by atoms with Crippen molar-refractivity contribution in [3.05, 3.63) is 53.6 Å². The van der Waals surface area contributed by atoms with E-state index in [1.54, 1.807) is 18.3 Å². The summed E-state index contributed by atoms with van der Waals surface area (Å²) >= 11 is 0. The number of phenols is 1. The number of halogens is 1. The number of carbonyl (C=O) groups is 2. The van der Waals surface area contributed by atoms with Gasteiger partial charge in [-0.05, 0) is 24.6 Å². The molecule has 0 aliphatic carbocycles. The van der Waals surface area contributed by atoms with Crippen LogP contribution in [0, 0.1) is 5.82 Å². The van der Waals surface area contributed by atoms with E-state index in [2.05, 4.69) is 4.98 Å². The van der Waals surface area contributed by atoms with E-state index in [1.165, 1.54) is 11.0 Å². The average Bonchev–Trinajstić information content (AvgIpc) is 2.92. The van der Waals surface area contributed by atoms with Crippen molar-refractivity contribution in [3.8, 4) is 5.75 Å². The van der Waals surface area contributed by atoms with Crippen LogP contribution < -0.4 is 4.90 Å². The summed E-state index contributed by atoms with van der Waals surface area (Å²) in [6.07, 6.45) is 2.55. The summed E-state index contributed by atoms with van der Waals surface area (Å²) in [7, 11) is 0. The lowest BCUT2D eigenvalue weighted by Crippen LogP contribution is -2.26.